The summed E-state index contributed by atoms with van der Waals surface area (Å²) < 4.78 is 22.4. The standard InChI is InChI=1S/C17H22O4/c1-18-12-10-15(17-11-4-3-5-16(17)21-17)20-14-8-6-13(19-2)7-9-14/h6-10,16H,3-5,11-12H2,1-2H3/b15-10-/t16-,17-/m1/s1. The zero-order chi connectivity index (χ0) is 14.7. The van der Waals surface area contributed by atoms with E-state index >= 15 is 0 Å². The predicted octanol–water partition coefficient (Wildman–Crippen LogP) is 3.32. The van der Waals surface area contributed by atoms with Crippen LogP contribution in [0.1, 0.15) is 25.7 Å². The van der Waals surface area contributed by atoms with Crippen LogP contribution in [0.15, 0.2) is 36.1 Å². The fraction of sp³-hybridized carbons (Fsp3) is 0.529. The lowest BCUT2D eigenvalue weighted by Gasteiger charge is -2.21. The largest absolute Gasteiger partial charge is 0.497 e. The first-order valence-electron chi connectivity index (χ1n) is 7.48. The van der Waals surface area contributed by atoms with Crippen LogP contribution in [-0.4, -0.2) is 32.5 Å². The third kappa shape index (κ3) is 2.92. The summed E-state index contributed by atoms with van der Waals surface area (Å²) in [5.74, 6) is 2.51. The number of benzene rings is 1. The number of methoxy groups -OCH3 is 2. The predicted molar refractivity (Wildman–Crippen MR) is 79.7 cm³/mol. The molecule has 1 saturated heterocycles. The summed E-state index contributed by atoms with van der Waals surface area (Å²) in [6, 6.07) is 7.62. The molecule has 1 aromatic rings. The van der Waals surface area contributed by atoms with Crippen LogP contribution in [0.3, 0.4) is 0 Å². The molecule has 4 nitrogen and oxygen atoms in total. The number of hydrogen-bond acceptors (Lipinski definition) is 4. The second kappa shape index (κ2) is 6.08. The number of epoxide rings is 1. The third-order valence-corrected chi connectivity index (χ3v) is 4.22. The van der Waals surface area contributed by atoms with Gasteiger partial charge in [0.05, 0.1) is 19.8 Å². The van der Waals surface area contributed by atoms with Gasteiger partial charge in [-0.15, -0.1) is 0 Å². The van der Waals surface area contributed by atoms with Crippen LogP contribution in [0.2, 0.25) is 0 Å². The normalized spacial score (nSPS) is 27.9. The third-order valence-electron chi connectivity index (χ3n) is 4.22. The molecule has 3 rings (SSSR count). The van der Waals surface area contributed by atoms with Gasteiger partial charge in [-0.05, 0) is 49.6 Å². The Bertz CT molecular complexity index is 508. The van der Waals surface area contributed by atoms with Gasteiger partial charge in [0.25, 0.3) is 0 Å². The van der Waals surface area contributed by atoms with E-state index in [2.05, 4.69) is 0 Å². The molecular weight excluding hydrogens is 268 g/mol. The second-order valence-electron chi connectivity index (χ2n) is 5.54. The maximum atomic E-state index is 6.10. The highest BCUT2D eigenvalue weighted by Crippen LogP contribution is 2.52. The lowest BCUT2D eigenvalue weighted by Crippen LogP contribution is -2.25. The average molecular weight is 290 g/mol. The van der Waals surface area contributed by atoms with E-state index in [0.717, 1.165) is 30.1 Å². The monoisotopic (exact) mass is 290 g/mol. The molecule has 1 aliphatic carbocycles. The SMILES string of the molecule is COC/C=C(\Oc1ccc(OC)cc1)[C@]12CCCC[C@H]1O2. The van der Waals surface area contributed by atoms with E-state index in [0.29, 0.717) is 12.7 Å². The van der Waals surface area contributed by atoms with Gasteiger partial charge in [0.2, 0.25) is 0 Å². The highest BCUT2D eigenvalue weighted by atomic mass is 16.6. The van der Waals surface area contributed by atoms with Crippen LogP contribution < -0.4 is 9.47 Å². The van der Waals surface area contributed by atoms with Crippen molar-refractivity contribution in [3.05, 3.63) is 36.1 Å². The fourth-order valence-corrected chi connectivity index (χ4v) is 3.02. The van der Waals surface area contributed by atoms with E-state index in [-0.39, 0.29) is 5.60 Å². The smallest absolute Gasteiger partial charge is 0.152 e. The summed E-state index contributed by atoms with van der Waals surface area (Å²) in [4.78, 5) is 0. The van der Waals surface area contributed by atoms with Gasteiger partial charge in [-0.2, -0.15) is 0 Å². The molecule has 0 bridgehead atoms. The molecule has 0 spiro atoms. The van der Waals surface area contributed by atoms with Gasteiger partial charge in [0.15, 0.2) is 5.60 Å². The second-order valence-corrected chi connectivity index (χ2v) is 5.54. The molecule has 21 heavy (non-hydrogen) atoms. The van der Waals surface area contributed by atoms with E-state index in [1.807, 2.05) is 30.3 Å². The molecule has 1 heterocycles. The van der Waals surface area contributed by atoms with Crippen molar-refractivity contribution in [1.82, 2.24) is 0 Å². The highest BCUT2D eigenvalue weighted by Gasteiger charge is 2.61. The Kier molecular flexibility index (Phi) is 4.17. The number of rotatable bonds is 6. The molecule has 0 aromatic heterocycles. The molecule has 2 aliphatic rings. The number of ether oxygens (including phenoxy) is 4. The van der Waals surface area contributed by atoms with Crippen LogP contribution in [0, 0.1) is 0 Å². The van der Waals surface area contributed by atoms with Gasteiger partial charge in [-0.25, -0.2) is 0 Å². The Morgan fingerprint density at radius 3 is 2.67 bits per heavy atom. The minimum atomic E-state index is -0.212. The Balaban J connectivity index is 1.76. The quantitative estimate of drug-likeness (QED) is 0.595. The molecule has 0 unspecified atom stereocenters. The van der Waals surface area contributed by atoms with Crippen molar-refractivity contribution in [2.45, 2.75) is 37.4 Å². The summed E-state index contributed by atoms with van der Waals surface area (Å²) in [5.41, 5.74) is -0.212. The van der Waals surface area contributed by atoms with E-state index in [1.54, 1.807) is 14.2 Å². The number of hydrogen-bond donors (Lipinski definition) is 0. The van der Waals surface area contributed by atoms with Gasteiger partial charge < -0.3 is 18.9 Å². The van der Waals surface area contributed by atoms with Crippen LogP contribution in [-0.2, 0) is 9.47 Å². The van der Waals surface area contributed by atoms with Crippen LogP contribution in [0.5, 0.6) is 11.5 Å². The first-order valence-corrected chi connectivity index (χ1v) is 7.48. The van der Waals surface area contributed by atoms with Gasteiger partial charge >= 0.3 is 0 Å². The highest BCUT2D eigenvalue weighted by molar-refractivity contribution is 5.35. The molecule has 2 fully saturated rings. The van der Waals surface area contributed by atoms with Gasteiger partial charge in [0.1, 0.15) is 17.3 Å². The molecular formula is C17H22O4. The van der Waals surface area contributed by atoms with E-state index in [1.165, 1.54) is 12.8 Å². The van der Waals surface area contributed by atoms with Crippen molar-refractivity contribution in [2.24, 2.45) is 0 Å². The molecule has 4 heteroatoms. The first kappa shape index (κ1) is 14.4. The van der Waals surface area contributed by atoms with E-state index in [9.17, 15) is 0 Å². The lowest BCUT2D eigenvalue weighted by atomic mass is 9.87. The minimum Gasteiger partial charge on any atom is -0.497 e. The van der Waals surface area contributed by atoms with Crippen LogP contribution in [0.25, 0.3) is 0 Å². The topological polar surface area (TPSA) is 40.2 Å². The van der Waals surface area contributed by atoms with E-state index in [4.69, 9.17) is 18.9 Å². The molecule has 1 aliphatic heterocycles. The van der Waals surface area contributed by atoms with Crippen molar-refractivity contribution in [3.8, 4) is 11.5 Å². The van der Waals surface area contributed by atoms with Crippen molar-refractivity contribution in [3.63, 3.8) is 0 Å². The Morgan fingerprint density at radius 1 is 1.24 bits per heavy atom. The molecule has 0 radical (unpaired) electrons. The molecule has 1 saturated carbocycles. The van der Waals surface area contributed by atoms with Gasteiger partial charge in [-0.1, -0.05) is 6.42 Å². The summed E-state index contributed by atoms with van der Waals surface area (Å²) in [5, 5.41) is 0. The summed E-state index contributed by atoms with van der Waals surface area (Å²) >= 11 is 0. The van der Waals surface area contributed by atoms with Gasteiger partial charge in [-0.3, -0.25) is 0 Å². The van der Waals surface area contributed by atoms with Crippen molar-refractivity contribution in [2.75, 3.05) is 20.8 Å². The van der Waals surface area contributed by atoms with E-state index < -0.39 is 0 Å². The van der Waals surface area contributed by atoms with Crippen molar-refractivity contribution >= 4 is 0 Å². The summed E-state index contributed by atoms with van der Waals surface area (Å²) in [6.07, 6.45) is 6.89. The molecule has 1 aromatic carbocycles. The molecule has 0 amide bonds. The Hall–Kier alpha value is -1.52. The molecule has 2 atom stereocenters. The minimum absolute atomic E-state index is 0.212. The Morgan fingerprint density at radius 2 is 2.00 bits per heavy atom. The maximum Gasteiger partial charge on any atom is 0.152 e. The molecule has 114 valence electrons. The fourth-order valence-electron chi connectivity index (χ4n) is 3.02. The average Bonchev–Trinajstić information content (AvgIpc) is 3.27. The summed E-state index contributed by atoms with van der Waals surface area (Å²) in [6.45, 7) is 0.531. The zero-order valence-corrected chi connectivity index (χ0v) is 12.6. The van der Waals surface area contributed by atoms with Crippen molar-refractivity contribution < 1.29 is 18.9 Å². The maximum absolute atomic E-state index is 6.10. The van der Waals surface area contributed by atoms with Crippen molar-refractivity contribution in [1.29, 1.82) is 0 Å². The van der Waals surface area contributed by atoms with Gasteiger partial charge in [0, 0.05) is 7.11 Å². The number of fused-ring (bicyclic) bond motifs is 1. The zero-order valence-electron chi connectivity index (χ0n) is 12.6. The Labute approximate surface area is 125 Å². The molecule has 0 N–H and O–H groups in total. The first-order chi connectivity index (χ1) is 10.3. The van der Waals surface area contributed by atoms with Crippen LogP contribution >= 0.6 is 0 Å². The lowest BCUT2D eigenvalue weighted by molar-refractivity contribution is 0.215. The summed E-state index contributed by atoms with van der Waals surface area (Å²) in [7, 11) is 3.34. The van der Waals surface area contributed by atoms with Crippen LogP contribution in [0.4, 0.5) is 0 Å².